The fourth-order valence-corrected chi connectivity index (χ4v) is 6.53. The van der Waals surface area contributed by atoms with Gasteiger partial charge < -0.3 is 10.0 Å². The van der Waals surface area contributed by atoms with Crippen molar-refractivity contribution in [2.75, 3.05) is 11.9 Å². The summed E-state index contributed by atoms with van der Waals surface area (Å²) in [7, 11) is 1.71. The van der Waals surface area contributed by atoms with Gasteiger partial charge in [0.25, 0.3) is 5.91 Å². The fraction of sp³-hybridized carbons (Fsp3) is 0.348. The third-order valence-corrected chi connectivity index (χ3v) is 7.94. The van der Waals surface area contributed by atoms with Gasteiger partial charge in [-0.15, -0.1) is 0 Å². The van der Waals surface area contributed by atoms with E-state index < -0.39 is 15.2 Å². The van der Waals surface area contributed by atoms with E-state index in [1.807, 2.05) is 43.3 Å². The number of alkyl halides is 2. The summed E-state index contributed by atoms with van der Waals surface area (Å²) in [5.74, 6) is -1.09. The largest absolute Gasteiger partial charge is 0.481 e. The van der Waals surface area contributed by atoms with Gasteiger partial charge in [0.15, 0.2) is 3.23 Å². The normalized spacial score (nSPS) is 15.8. The first-order chi connectivity index (χ1) is 15.6. The molecular formula is C23H22Br3N3O4. The number of amides is 1. The lowest BCUT2D eigenvalue weighted by Gasteiger charge is -2.17. The summed E-state index contributed by atoms with van der Waals surface area (Å²) < 4.78 is 2.97. The molecule has 0 saturated heterocycles. The molecule has 1 amide bonds. The molecule has 0 spiro atoms. The summed E-state index contributed by atoms with van der Waals surface area (Å²) in [5.41, 5.74) is 3.43. The van der Waals surface area contributed by atoms with Crippen LogP contribution < -0.4 is 10.6 Å². The van der Waals surface area contributed by atoms with E-state index >= 15 is 0 Å². The number of halogens is 3. The van der Waals surface area contributed by atoms with Crippen LogP contribution in [-0.4, -0.2) is 33.2 Å². The van der Waals surface area contributed by atoms with Crippen LogP contribution in [0.5, 0.6) is 0 Å². The molecule has 2 heterocycles. The van der Waals surface area contributed by atoms with Crippen molar-refractivity contribution in [1.82, 2.24) is 9.13 Å². The summed E-state index contributed by atoms with van der Waals surface area (Å²) in [6.07, 6.45) is 1.21. The maximum Gasteiger partial charge on any atom is 0.329 e. The summed E-state index contributed by atoms with van der Waals surface area (Å²) in [5, 5.41) is 9.45. The quantitative estimate of drug-likeness (QED) is 0.352. The first-order valence-corrected chi connectivity index (χ1v) is 12.9. The topological polar surface area (TPSA) is 84.5 Å². The van der Waals surface area contributed by atoms with Gasteiger partial charge >= 0.3 is 11.7 Å². The zero-order valence-electron chi connectivity index (χ0n) is 18.0. The number of hydrogen-bond acceptors (Lipinski definition) is 3. The number of carbonyl (C=O) groups is 2. The number of aromatic nitrogens is 2. The molecule has 174 valence electrons. The Morgan fingerprint density at radius 2 is 1.82 bits per heavy atom. The number of imidazole rings is 1. The summed E-state index contributed by atoms with van der Waals surface area (Å²) in [4.78, 5) is 39.6. The van der Waals surface area contributed by atoms with E-state index in [4.69, 9.17) is 0 Å². The number of hydrogen-bond donors (Lipinski definition) is 1. The third-order valence-electron chi connectivity index (χ3n) is 6.01. The molecule has 3 aromatic rings. The van der Waals surface area contributed by atoms with E-state index in [2.05, 4.69) is 47.8 Å². The fourth-order valence-electron chi connectivity index (χ4n) is 4.59. The Balaban J connectivity index is 1.92. The Bertz CT molecular complexity index is 1330. The molecule has 0 radical (unpaired) electrons. The van der Waals surface area contributed by atoms with Gasteiger partial charge in [0, 0.05) is 23.1 Å². The van der Waals surface area contributed by atoms with Gasteiger partial charge in [-0.05, 0) is 36.2 Å². The molecule has 1 atom stereocenters. The van der Waals surface area contributed by atoms with Crippen LogP contribution in [0, 0.1) is 0 Å². The maximum absolute atomic E-state index is 13.7. The first kappa shape index (κ1) is 24.2. The van der Waals surface area contributed by atoms with Gasteiger partial charge in [-0.2, -0.15) is 0 Å². The predicted octanol–water partition coefficient (Wildman–Crippen LogP) is 5.35. The van der Waals surface area contributed by atoms with Crippen LogP contribution in [0.2, 0.25) is 0 Å². The zero-order chi connectivity index (χ0) is 24.1. The Labute approximate surface area is 215 Å². The number of likely N-dealkylation sites (N-methyl/N-ethyl adjacent to an activating group) is 1. The molecule has 4 rings (SSSR count). The molecule has 7 nitrogen and oxygen atoms in total. The van der Waals surface area contributed by atoms with Gasteiger partial charge in [-0.25, -0.2) is 4.79 Å². The zero-order valence-corrected chi connectivity index (χ0v) is 22.8. The second kappa shape index (κ2) is 9.03. The Morgan fingerprint density at radius 3 is 2.45 bits per heavy atom. The van der Waals surface area contributed by atoms with E-state index in [0.717, 1.165) is 33.2 Å². The molecule has 1 N–H and O–H groups in total. The van der Waals surface area contributed by atoms with E-state index in [1.54, 1.807) is 21.1 Å². The van der Waals surface area contributed by atoms with E-state index in [-0.39, 0.29) is 24.6 Å². The molecule has 0 aliphatic carbocycles. The molecule has 1 aliphatic rings. The Morgan fingerprint density at radius 1 is 1.15 bits per heavy atom. The van der Waals surface area contributed by atoms with Crippen LogP contribution in [0.4, 0.5) is 5.69 Å². The van der Waals surface area contributed by atoms with Crippen molar-refractivity contribution in [3.8, 4) is 0 Å². The number of aliphatic carboxylic acids is 1. The number of para-hydroxylation sites is 2. The summed E-state index contributed by atoms with van der Waals surface area (Å²) >= 11 is 10.6. The first-order valence-electron chi connectivity index (χ1n) is 10.5. The van der Waals surface area contributed by atoms with Gasteiger partial charge in [0.05, 0.1) is 29.7 Å². The molecule has 1 unspecified atom stereocenters. The van der Waals surface area contributed by atoms with Crippen LogP contribution in [0.1, 0.15) is 43.4 Å². The van der Waals surface area contributed by atoms with Crippen molar-refractivity contribution in [2.24, 2.45) is 0 Å². The lowest BCUT2D eigenvalue weighted by atomic mass is 10.0. The average molecular weight is 644 g/mol. The highest BCUT2D eigenvalue weighted by Gasteiger charge is 2.48. The number of rotatable bonds is 7. The molecule has 33 heavy (non-hydrogen) atoms. The van der Waals surface area contributed by atoms with Gasteiger partial charge in [0.2, 0.25) is 0 Å². The monoisotopic (exact) mass is 641 g/mol. The molecule has 10 heteroatoms. The smallest absolute Gasteiger partial charge is 0.329 e. The molecule has 1 aromatic heterocycles. The number of carboxylic acids is 1. The second-order valence-electron chi connectivity index (χ2n) is 8.17. The highest BCUT2D eigenvalue weighted by molar-refractivity contribution is 9.25. The maximum atomic E-state index is 13.7. The van der Waals surface area contributed by atoms with E-state index in [9.17, 15) is 19.5 Å². The summed E-state index contributed by atoms with van der Waals surface area (Å²) in [6, 6.07) is 10.7. The van der Waals surface area contributed by atoms with Crippen molar-refractivity contribution < 1.29 is 14.7 Å². The van der Waals surface area contributed by atoms with Crippen LogP contribution in [0.15, 0.2) is 45.7 Å². The number of anilines is 1. The van der Waals surface area contributed by atoms with Crippen molar-refractivity contribution in [2.45, 2.75) is 42.0 Å². The van der Waals surface area contributed by atoms with Crippen molar-refractivity contribution in [1.29, 1.82) is 0 Å². The third kappa shape index (κ3) is 4.10. The second-order valence-corrected chi connectivity index (χ2v) is 12.5. The minimum atomic E-state index is -1.09. The number of nitrogens with zero attached hydrogens (tertiary/aromatic N) is 3. The van der Waals surface area contributed by atoms with Gasteiger partial charge in [-0.3, -0.25) is 18.7 Å². The molecule has 1 aliphatic heterocycles. The lowest BCUT2D eigenvalue weighted by Crippen LogP contribution is -2.30. The van der Waals surface area contributed by atoms with Crippen LogP contribution in [0.3, 0.4) is 0 Å². The Hall–Kier alpha value is -1.91. The van der Waals surface area contributed by atoms with Gasteiger partial charge in [-0.1, -0.05) is 73.3 Å². The standard InChI is InChI=1S/C23H22Br3N3O4/c1-3-6-15(11-19(30)31)29-17-8-5-4-7-16(17)28(22(29)33)12-13-9-14(24)10-18-20(13)23(25,26)21(32)27(18)2/h4-5,7-10,15H,3,6,11-12H2,1-2H3,(H,30,31). The number of benzene rings is 2. The van der Waals surface area contributed by atoms with Crippen molar-refractivity contribution in [3.63, 3.8) is 0 Å². The SMILES string of the molecule is CCCC(CC(=O)O)n1c(=O)n(Cc2cc(Br)cc3c2C(Br)(Br)C(=O)N3C)c2ccccc21. The minimum absolute atomic E-state index is 0.126. The van der Waals surface area contributed by atoms with Crippen molar-refractivity contribution in [3.05, 3.63) is 62.5 Å². The summed E-state index contributed by atoms with van der Waals surface area (Å²) in [6.45, 7) is 2.20. The molecule has 0 fully saturated rings. The van der Waals surface area contributed by atoms with Crippen LogP contribution in [0.25, 0.3) is 11.0 Å². The van der Waals surface area contributed by atoms with E-state index in [0.29, 0.717) is 11.9 Å². The molecule has 0 saturated carbocycles. The minimum Gasteiger partial charge on any atom is -0.481 e. The van der Waals surface area contributed by atoms with Crippen molar-refractivity contribution >= 4 is 76.4 Å². The van der Waals surface area contributed by atoms with Crippen LogP contribution >= 0.6 is 47.8 Å². The average Bonchev–Trinajstić information content (AvgIpc) is 3.11. The molecular weight excluding hydrogens is 622 g/mol. The molecule has 2 aromatic carbocycles. The number of carboxylic acid groups (broad SMARTS) is 1. The van der Waals surface area contributed by atoms with Crippen LogP contribution in [-0.2, 0) is 19.4 Å². The van der Waals surface area contributed by atoms with Gasteiger partial charge in [0.1, 0.15) is 0 Å². The number of fused-ring (bicyclic) bond motifs is 2. The Kier molecular flexibility index (Phi) is 6.63. The lowest BCUT2D eigenvalue weighted by molar-refractivity contribution is -0.138. The predicted molar refractivity (Wildman–Crippen MR) is 139 cm³/mol. The van der Waals surface area contributed by atoms with E-state index in [1.165, 1.54) is 0 Å². The highest BCUT2D eigenvalue weighted by atomic mass is 79.9. The molecule has 0 bridgehead atoms. The highest BCUT2D eigenvalue weighted by Crippen LogP contribution is 2.52. The number of carbonyl (C=O) groups excluding carboxylic acids is 1.